The SMILES string of the molecule is COCC1=CC/C(=N\c2nc(Nc3ccccc3)nc(N3CCN(C)CC3)n2)NN1. The Morgan fingerprint density at radius 1 is 1.07 bits per heavy atom. The van der Waals surface area contributed by atoms with Crippen LogP contribution in [0.4, 0.5) is 23.5 Å². The number of hydrogen-bond acceptors (Lipinski definition) is 9. The average molecular weight is 409 g/mol. The maximum atomic E-state index is 5.14. The largest absolute Gasteiger partial charge is 0.378 e. The average Bonchev–Trinajstić information content (AvgIpc) is 2.76. The summed E-state index contributed by atoms with van der Waals surface area (Å²) in [4.78, 5) is 22.9. The predicted octanol–water partition coefficient (Wildman–Crippen LogP) is 1.43. The normalized spacial score (nSPS) is 18.5. The van der Waals surface area contributed by atoms with Crippen molar-refractivity contribution >= 4 is 29.4 Å². The first-order valence-electron chi connectivity index (χ1n) is 9.99. The number of hydrogen-bond donors (Lipinski definition) is 3. The first-order valence-corrected chi connectivity index (χ1v) is 9.99. The highest BCUT2D eigenvalue weighted by Gasteiger charge is 2.19. The second-order valence-corrected chi connectivity index (χ2v) is 7.22. The van der Waals surface area contributed by atoms with E-state index in [-0.39, 0.29) is 0 Å². The van der Waals surface area contributed by atoms with Gasteiger partial charge in [-0.3, -0.25) is 5.43 Å². The molecule has 3 heterocycles. The van der Waals surface area contributed by atoms with Crippen molar-refractivity contribution in [3.05, 3.63) is 42.1 Å². The molecule has 2 aliphatic rings. The lowest BCUT2D eigenvalue weighted by molar-refractivity contribution is 0.218. The molecule has 0 saturated carbocycles. The maximum absolute atomic E-state index is 5.14. The molecule has 1 fully saturated rings. The second kappa shape index (κ2) is 9.51. The number of likely N-dealkylation sites (N-methyl/N-ethyl adjacent to an activating group) is 1. The van der Waals surface area contributed by atoms with Crippen LogP contribution in [0.5, 0.6) is 0 Å². The third kappa shape index (κ3) is 5.22. The fraction of sp³-hybridized carbons (Fsp3) is 0.400. The van der Waals surface area contributed by atoms with Crippen molar-refractivity contribution in [1.82, 2.24) is 30.7 Å². The Morgan fingerprint density at radius 2 is 1.87 bits per heavy atom. The minimum atomic E-state index is 0.366. The van der Waals surface area contributed by atoms with E-state index in [2.05, 4.69) is 53.0 Å². The van der Waals surface area contributed by atoms with Gasteiger partial charge in [0.25, 0.3) is 5.95 Å². The van der Waals surface area contributed by atoms with E-state index in [4.69, 9.17) is 4.74 Å². The number of hydrazine groups is 1. The number of aliphatic imine (C=N–C) groups is 1. The van der Waals surface area contributed by atoms with Crippen molar-refractivity contribution in [3.8, 4) is 0 Å². The van der Waals surface area contributed by atoms with Gasteiger partial charge in [-0.05, 0) is 19.2 Å². The molecule has 0 spiro atoms. The molecule has 30 heavy (non-hydrogen) atoms. The van der Waals surface area contributed by atoms with E-state index >= 15 is 0 Å². The van der Waals surface area contributed by atoms with Crippen LogP contribution >= 0.6 is 0 Å². The first-order chi connectivity index (χ1) is 14.7. The van der Waals surface area contributed by atoms with Gasteiger partial charge in [0.2, 0.25) is 11.9 Å². The lowest BCUT2D eigenvalue weighted by Gasteiger charge is -2.32. The van der Waals surface area contributed by atoms with Crippen LogP contribution in [0.2, 0.25) is 0 Å². The van der Waals surface area contributed by atoms with Gasteiger partial charge in [0, 0.05) is 45.4 Å². The van der Waals surface area contributed by atoms with Crippen LogP contribution < -0.4 is 21.1 Å². The van der Waals surface area contributed by atoms with E-state index in [0.717, 1.165) is 43.4 Å². The van der Waals surface area contributed by atoms with Gasteiger partial charge in [0.1, 0.15) is 5.84 Å². The molecule has 4 rings (SSSR count). The molecule has 0 aliphatic carbocycles. The molecule has 10 nitrogen and oxygen atoms in total. The Kier molecular flexibility index (Phi) is 6.35. The Labute approximate surface area is 176 Å². The van der Waals surface area contributed by atoms with Gasteiger partial charge in [-0.15, -0.1) is 0 Å². The van der Waals surface area contributed by atoms with Crippen molar-refractivity contribution in [1.29, 1.82) is 0 Å². The van der Waals surface area contributed by atoms with E-state index in [1.807, 2.05) is 36.4 Å². The lowest BCUT2D eigenvalue weighted by atomic mass is 10.3. The molecule has 1 aromatic carbocycles. The van der Waals surface area contributed by atoms with E-state index < -0.39 is 0 Å². The smallest absolute Gasteiger partial charge is 0.257 e. The van der Waals surface area contributed by atoms with Crippen molar-refractivity contribution in [2.24, 2.45) is 4.99 Å². The molecular weight excluding hydrogens is 382 g/mol. The van der Waals surface area contributed by atoms with E-state index in [1.54, 1.807) is 7.11 Å². The van der Waals surface area contributed by atoms with E-state index in [1.165, 1.54) is 0 Å². The van der Waals surface area contributed by atoms with Gasteiger partial charge in [0.15, 0.2) is 0 Å². The summed E-state index contributed by atoms with van der Waals surface area (Å²) in [5, 5.41) is 3.26. The van der Waals surface area contributed by atoms with Gasteiger partial charge in [0.05, 0.1) is 12.3 Å². The second-order valence-electron chi connectivity index (χ2n) is 7.22. The minimum absolute atomic E-state index is 0.366. The standard InChI is InChI=1S/C20H27N9O/c1-28-10-12-29(13-11-28)20-24-18(21-15-6-4-3-5-7-15)23-19(25-20)22-17-9-8-16(14-30-2)26-27-17/h3-8,26H,9-14H2,1-2H3,(H2,21,22,23,24,25,27). The minimum Gasteiger partial charge on any atom is -0.378 e. The van der Waals surface area contributed by atoms with Gasteiger partial charge in [-0.1, -0.05) is 24.3 Å². The molecule has 1 aromatic heterocycles. The Bertz CT molecular complexity index is 908. The van der Waals surface area contributed by atoms with Crippen LogP contribution in [0.3, 0.4) is 0 Å². The van der Waals surface area contributed by atoms with Crippen molar-refractivity contribution < 1.29 is 4.74 Å². The maximum Gasteiger partial charge on any atom is 0.257 e. The van der Waals surface area contributed by atoms with Crippen LogP contribution in [0, 0.1) is 0 Å². The zero-order valence-corrected chi connectivity index (χ0v) is 17.3. The van der Waals surface area contributed by atoms with Crippen LogP contribution in [-0.2, 0) is 4.74 Å². The van der Waals surface area contributed by atoms with Crippen LogP contribution in [-0.4, -0.2) is 72.6 Å². The quantitative estimate of drug-likeness (QED) is 0.654. The number of piperazine rings is 1. The number of anilines is 3. The molecule has 0 bridgehead atoms. The van der Waals surface area contributed by atoms with Crippen LogP contribution in [0.25, 0.3) is 0 Å². The Balaban J connectivity index is 1.59. The van der Waals surface area contributed by atoms with Crippen molar-refractivity contribution in [3.63, 3.8) is 0 Å². The molecule has 2 aliphatic heterocycles. The van der Waals surface area contributed by atoms with E-state index in [9.17, 15) is 0 Å². The van der Waals surface area contributed by atoms with Gasteiger partial charge in [-0.25, -0.2) is 0 Å². The predicted molar refractivity (Wildman–Crippen MR) is 117 cm³/mol. The van der Waals surface area contributed by atoms with Gasteiger partial charge in [-0.2, -0.15) is 19.9 Å². The zero-order valence-electron chi connectivity index (χ0n) is 17.3. The van der Waals surface area contributed by atoms with Gasteiger partial charge < -0.3 is 25.3 Å². The highest BCUT2D eigenvalue weighted by molar-refractivity contribution is 5.86. The molecule has 0 atom stereocenters. The monoisotopic (exact) mass is 409 g/mol. The molecule has 10 heteroatoms. The summed E-state index contributed by atoms with van der Waals surface area (Å²) in [5.41, 5.74) is 8.05. The van der Waals surface area contributed by atoms with Crippen molar-refractivity contribution in [2.45, 2.75) is 6.42 Å². The number of nitrogens with one attached hydrogen (secondary N) is 3. The summed E-state index contributed by atoms with van der Waals surface area (Å²) >= 11 is 0. The fourth-order valence-corrected chi connectivity index (χ4v) is 3.18. The zero-order chi connectivity index (χ0) is 20.8. The topological polar surface area (TPSA) is 103 Å². The Hall–Kier alpha value is -3.24. The van der Waals surface area contributed by atoms with E-state index in [0.29, 0.717) is 30.9 Å². The molecule has 3 N–H and O–H groups in total. The third-order valence-corrected chi connectivity index (χ3v) is 4.87. The number of amidine groups is 1. The Morgan fingerprint density at radius 3 is 2.57 bits per heavy atom. The first kappa shape index (κ1) is 20.0. The summed E-state index contributed by atoms with van der Waals surface area (Å²) in [6, 6.07) is 9.85. The van der Waals surface area contributed by atoms with Crippen molar-refractivity contribution in [2.75, 3.05) is 57.2 Å². The molecule has 1 saturated heterocycles. The summed E-state index contributed by atoms with van der Waals surface area (Å²) < 4.78 is 5.14. The van der Waals surface area contributed by atoms with Crippen LogP contribution in [0.1, 0.15) is 6.42 Å². The summed E-state index contributed by atoms with van der Waals surface area (Å²) in [5.74, 6) is 2.21. The number of nitrogens with zero attached hydrogens (tertiary/aromatic N) is 6. The molecular formula is C20H27N9O. The molecule has 2 aromatic rings. The van der Waals surface area contributed by atoms with Gasteiger partial charge >= 0.3 is 0 Å². The summed E-state index contributed by atoms with van der Waals surface area (Å²) in [6.07, 6.45) is 2.67. The fourth-order valence-electron chi connectivity index (χ4n) is 3.18. The highest BCUT2D eigenvalue weighted by Crippen LogP contribution is 2.20. The number of methoxy groups -OCH3 is 1. The summed E-state index contributed by atoms with van der Waals surface area (Å²) in [6.45, 7) is 4.18. The molecule has 0 radical (unpaired) electrons. The number of para-hydroxylation sites is 1. The summed E-state index contributed by atoms with van der Waals surface area (Å²) in [7, 11) is 3.79. The number of benzene rings is 1. The van der Waals surface area contributed by atoms with Crippen LogP contribution in [0.15, 0.2) is 47.1 Å². The number of aromatic nitrogens is 3. The highest BCUT2D eigenvalue weighted by atomic mass is 16.5. The number of rotatable bonds is 6. The number of ether oxygens (including phenoxy) is 1. The third-order valence-electron chi connectivity index (χ3n) is 4.87. The molecule has 0 amide bonds. The molecule has 158 valence electrons. The lowest BCUT2D eigenvalue weighted by Crippen LogP contribution is -2.45. The molecule has 0 unspecified atom stereocenters.